The van der Waals surface area contributed by atoms with Crippen molar-refractivity contribution in [2.75, 3.05) is 32.4 Å². The third kappa shape index (κ3) is 6.81. The molecule has 27 heavy (non-hydrogen) atoms. The molecule has 0 spiro atoms. The van der Waals surface area contributed by atoms with Gasteiger partial charge in [0.15, 0.2) is 15.8 Å². The Kier molecular flexibility index (Phi) is 7.68. The number of aliphatic imine (C=N–C) groups is 1. The molecule has 0 radical (unpaired) electrons. The Bertz CT molecular complexity index is 721. The first-order chi connectivity index (χ1) is 12.7. The highest BCUT2D eigenvalue weighted by Crippen LogP contribution is 2.14. The molecule has 1 saturated heterocycles. The van der Waals surface area contributed by atoms with Crippen LogP contribution in [0.25, 0.3) is 0 Å². The van der Waals surface area contributed by atoms with Gasteiger partial charge in [-0.2, -0.15) is 0 Å². The van der Waals surface area contributed by atoms with Crippen LogP contribution in [0.4, 0.5) is 0 Å². The summed E-state index contributed by atoms with van der Waals surface area (Å²) >= 11 is 0. The van der Waals surface area contributed by atoms with Crippen LogP contribution in [0.1, 0.15) is 44.7 Å². The standard InChI is InChI=1S/C20H34N4O2S/c1-5-21-19(23-16-20(2,3)27(4,25)26)22-14-17-8-10-18(11-9-17)15-24-12-6-7-13-24/h8-11H,5-7,12-16H2,1-4H3,(H2,21,22,23). The van der Waals surface area contributed by atoms with E-state index in [1.165, 1.54) is 37.8 Å². The SMILES string of the molecule is CCNC(=NCc1ccc(CN2CCCC2)cc1)NCC(C)(C)S(C)(=O)=O. The van der Waals surface area contributed by atoms with Crippen molar-refractivity contribution in [1.29, 1.82) is 0 Å². The van der Waals surface area contributed by atoms with Gasteiger partial charge in [-0.1, -0.05) is 24.3 Å². The van der Waals surface area contributed by atoms with Crippen LogP contribution in [0.2, 0.25) is 0 Å². The van der Waals surface area contributed by atoms with Crippen LogP contribution in [0.3, 0.4) is 0 Å². The molecular weight excluding hydrogens is 360 g/mol. The fourth-order valence-corrected chi connectivity index (χ4v) is 3.22. The Morgan fingerprint density at radius 1 is 1.11 bits per heavy atom. The molecule has 1 aromatic carbocycles. The Hall–Kier alpha value is -1.60. The predicted molar refractivity (Wildman–Crippen MR) is 113 cm³/mol. The Morgan fingerprint density at radius 3 is 2.26 bits per heavy atom. The summed E-state index contributed by atoms with van der Waals surface area (Å²) in [6.45, 7) is 10.4. The zero-order valence-electron chi connectivity index (χ0n) is 17.1. The van der Waals surface area contributed by atoms with Crippen LogP contribution in [0.5, 0.6) is 0 Å². The highest BCUT2D eigenvalue weighted by molar-refractivity contribution is 7.92. The molecular formula is C20H34N4O2S. The van der Waals surface area contributed by atoms with E-state index in [9.17, 15) is 8.42 Å². The van der Waals surface area contributed by atoms with Gasteiger partial charge in [-0.3, -0.25) is 4.90 Å². The van der Waals surface area contributed by atoms with E-state index in [4.69, 9.17) is 0 Å². The summed E-state index contributed by atoms with van der Waals surface area (Å²) in [6.07, 6.45) is 3.88. The van der Waals surface area contributed by atoms with Crippen LogP contribution >= 0.6 is 0 Å². The number of nitrogens with one attached hydrogen (secondary N) is 2. The quantitative estimate of drug-likeness (QED) is 0.522. The van der Waals surface area contributed by atoms with Gasteiger partial charge in [0.05, 0.1) is 11.3 Å². The third-order valence-corrected chi connectivity index (χ3v) is 7.23. The van der Waals surface area contributed by atoms with Crippen LogP contribution in [0.15, 0.2) is 29.3 Å². The van der Waals surface area contributed by atoms with Gasteiger partial charge < -0.3 is 10.6 Å². The van der Waals surface area contributed by atoms with E-state index >= 15 is 0 Å². The van der Waals surface area contributed by atoms with Crippen molar-refractivity contribution in [3.05, 3.63) is 35.4 Å². The number of nitrogens with zero attached hydrogens (tertiary/aromatic N) is 2. The van der Waals surface area contributed by atoms with Crippen molar-refractivity contribution in [3.8, 4) is 0 Å². The first-order valence-corrected chi connectivity index (χ1v) is 11.6. The number of hydrogen-bond donors (Lipinski definition) is 2. The summed E-state index contributed by atoms with van der Waals surface area (Å²) in [5.41, 5.74) is 2.48. The normalized spacial score (nSPS) is 16.5. The molecule has 2 N–H and O–H groups in total. The van der Waals surface area contributed by atoms with Gasteiger partial charge >= 0.3 is 0 Å². The lowest BCUT2D eigenvalue weighted by molar-refractivity contribution is 0.331. The molecule has 6 nitrogen and oxygen atoms in total. The second kappa shape index (κ2) is 9.55. The maximum Gasteiger partial charge on any atom is 0.191 e. The number of rotatable bonds is 8. The number of guanidine groups is 1. The summed E-state index contributed by atoms with van der Waals surface area (Å²) in [6, 6.07) is 8.60. The smallest absolute Gasteiger partial charge is 0.191 e. The molecule has 152 valence electrons. The number of benzene rings is 1. The molecule has 1 aromatic rings. The fourth-order valence-electron chi connectivity index (χ4n) is 2.89. The van der Waals surface area contributed by atoms with Gasteiger partial charge in [0.25, 0.3) is 0 Å². The van der Waals surface area contributed by atoms with Crippen LogP contribution in [-0.4, -0.2) is 56.5 Å². The van der Waals surface area contributed by atoms with Gasteiger partial charge in [0, 0.05) is 25.9 Å². The molecule has 7 heteroatoms. The van der Waals surface area contributed by atoms with E-state index in [1.807, 2.05) is 6.92 Å². The molecule has 0 saturated carbocycles. The summed E-state index contributed by atoms with van der Waals surface area (Å²) < 4.78 is 22.9. The van der Waals surface area contributed by atoms with Crippen molar-refractivity contribution < 1.29 is 8.42 Å². The highest BCUT2D eigenvalue weighted by Gasteiger charge is 2.30. The topological polar surface area (TPSA) is 73.8 Å². The Labute approximate surface area is 164 Å². The molecule has 2 rings (SSSR count). The molecule has 0 aliphatic carbocycles. The molecule has 1 aliphatic rings. The average Bonchev–Trinajstić information content (AvgIpc) is 3.11. The first kappa shape index (κ1) is 21.7. The zero-order chi connectivity index (χ0) is 19.9. The largest absolute Gasteiger partial charge is 0.357 e. The molecule has 1 heterocycles. The summed E-state index contributed by atoms with van der Waals surface area (Å²) in [5.74, 6) is 0.635. The maximum atomic E-state index is 11.9. The van der Waals surface area contributed by atoms with Gasteiger partial charge in [0.2, 0.25) is 0 Å². The highest BCUT2D eigenvalue weighted by atomic mass is 32.2. The van der Waals surface area contributed by atoms with E-state index in [1.54, 1.807) is 13.8 Å². The van der Waals surface area contributed by atoms with Gasteiger partial charge in [-0.05, 0) is 57.8 Å². The molecule has 0 amide bonds. The van der Waals surface area contributed by atoms with E-state index in [0.717, 1.165) is 18.7 Å². The fraction of sp³-hybridized carbons (Fsp3) is 0.650. The predicted octanol–water partition coefficient (Wildman–Crippen LogP) is 2.16. The summed E-state index contributed by atoms with van der Waals surface area (Å²) in [5, 5.41) is 6.32. The Morgan fingerprint density at radius 2 is 1.70 bits per heavy atom. The van der Waals surface area contributed by atoms with Crippen molar-refractivity contribution in [2.24, 2.45) is 4.99 Å². The van der Waals surface area contributed by atoms with Crippen LogP contribution in [-0.2, 0) is 22.9 Å². The van der Waals surface area contributed by atoms with Crippen LogP contribution in [0, 0.1) is 0 Å². The van der Waals surface area contributed by atoms with Gasteiger partial charge in [-0.15, -0.1) is 0 Å². The minimum absolute atomic E-state index is 0.312. The van der Waals surface area contributed by atoms with E-state index < -0.39 is 14.6 Å². The van der Waals surface area contributed by atoms with Crippen molar-refractivity contribution >= 4 is 15.8 Å². The van der Waals surface area contributed by atoms with Crippen LogP contribution < -0.4 is 10.6 Å². The van der Waals surface area contributed by atoms with E-state index in [0.29, 0.717) is 19.0 Å². The molecule has 1 fully saturated rings. The zero-order valence-corrected chi connectivity index (χ0v) is 17.9. The minimum Gasteiger partial charge on any atom is -0.357 e. The van der Waals surface area contributed by atoms with Gasteiger partial charge in [0.1, 0.15) is 0 Å². The maximum absolute atomic E-state index is 11.9. The van der Waals surface area contributed by atoms with E-state index in [2.05, 4.69) is 44.8 Å². The molecule has 0 aromatic heterocycles. The third-order valence-electron chi connectivity index (χ3n) is 5.08. The second-order valence-corrected chi connectivity index (χ2v) is 10.5. The van der Waals surface area contributed by atoms with Gasteiger partial charge in [-0.25, -0.2) is 13.4 Å². The minimum atomic E-state index is -3.14. The lowest BCUT2D eigenvalue weighted by Gasteiger charge is -2.24. The lowest BCUT2D eigenvalue weighted by atomic mass is 10.1. The average molecular weight is 395 g/mol. The van der Waals surface area contributed by atoms with Crippen molar-refractivity contribution in [1.82, 2.24) is 15.5 Å². The Balaban J connectivity index is 1.93. The number of sulfone groups is 1. The molecule has 0 bridgehead atoms. The second-order valence-electron chi connectivity index (χ2n) is 7.88. The first-order valence-electron chi connectivity index (χ1n) is 9.73. The monoisotopic (exact) mass is 394 g/mol. The summed E-state index contributed by atoms with van der Waals surface area (Å²) in [7, 11) is -3.14. The number of likely N-dealkylation sites (tertiary alicyclic amines) is 1. The molecule has 0 unspecified atom stereocenters. The lowest BCUT2D eigenvalue weighted by Crippen LogP contribution is -2.47. The van der Waals surface area contributed by atoms with Crippen molar-refractivity contribution in [3.63, 3.8) is 0 Å². The molecule has 1 aliphatic heterocycles. The van der Waals surface area contributed by atoms with E-state index in [-0.39, 0.29) is 0 Å². The summed E-state index contributed by atoms with van der Waals surface area (Å²) in [4.78, 5) is 7.08. The number of hydrogen-bond acceptors (Lipinski definition) is 4. The molecule has 0 atom stereocenters. The van der Waals surface area contributed by atoms with Crippen molar-refractivity contribution in [2.45, 2.75) is 51.4 Å².